The molecule has 0 aliphatic heterocycles. The minimum atomic E-state index is -0.0529. The van der Waals surface area contributed by atoms with Crippen LogP contribution in [0.2, 0.25) is 5.02 Å². The number of aryl methyl sites for hydroxylation is 1. The van der Waals surface area contributed by atoms with Gasteiger partial charge in [0.15, 0.2) is 5.65 Å². The zero-order valence-electron chi connectivity index (χ0n) is 9.48. The van der Waals surface area contributed by atoms with Crippen LogP contribution in [0.1, 0.15) is 19.3 Å². The molecule has 1 aliphatic carbocycles. The number of imidazole rings is 1. The molecule has 17 heavy (non-hydrogen) atoms. The van der Waals surface area contributed by atoms with E-state index in [1.807, 2.05) is 0 Å². The molecule has 2 aromatic rings. The van der Waals surface area contributed by atoms with Crippen molar-refractivity contribution in [3.63, 3.8) is 0 Å². The highest BCUT2D eigenvalue weighted by molar-refractivity contribution is 6.31. The minimum Gasteiger partial charge on any atom is -0.293 e. The van der Waals surface area contributed by atoms with E-state index in [9.17, 15) is 4.79 Å². The molecule has 2 heterocycles. The van der Waals surface area contributed by atoms with Gasteiger partial charge in [-0.2, -0.15) is 0 Å². The molecular weight excluding hydrogens is 238 g/mol. The Balaban J connectivity index is 2.38. The molecule has 4 nitrogen and oxygen atoms in total. The molecule has 0 saturated heterocycles. The Hall–Kier alpha value is -1.55. The number of aromatic nitrogens is 3. The summed E-state index contributed by atoms with van der Waals surface area (Å²) in [7, 11) is 1.74. The highest BCUT2D eigenvalue weighted by Gasteiger charge is 2.17. The van der Waals surface area contributed by atoms with Crippen LogP contribution in [-0.2, 0) is 7.05 Å². The lowest BCUT2D eigenvalue weighted by Crippen LogP contribution is -2.21. The fourth-order valence-corrected chi connectivity index (χ4v) is 2.45. The standard InChI is InChI=1S/C12H12ClN3O/c1-15-10-6-8(13)7-14-11(10)16(12(15)17)9-4-2-3-5-9/h4,6-7H,2-3,5H2,1H3. The van der Waals surface area contributed by atoms with Crippen molar-refractivity contribution in [1.82, 2.24) is 14.1 Å². The number of pyridine rings is 1. The summed E-state index contributed by atoms with van der Waals surface area (Å²) in [6.07, 6.45) is 6.76. The Morgan fingerprint density at radius 2 is 2.29 bits per heavy atom. The average molecular weight is 250 g/mol. The second-order valence-corrected chi connectivity index (χ2v) is 4.70. The molecule has 0 radical (unpaired) electrons. The van der Waals surface area contributed by atoms with Gasteiger partial charge in [0.25, 0.3) is 0 Å². The first kappa shape index (κ1) is 10.6. The number of fused-ring (bicyclic) bond motifs is 1. The van der Waals surface area contributed by atoms with Gasteiger partial charge in [-0.3, -0.25) is 4.57 Å². The molecule has 0 bridgehead atoms. The number of rotatable bonds is 1. The van der Waals surface area contributed by atoms with Crippen molar-refractivity contribution in [2.45, 2.75) is 19.3 Å². The minimum absolute atomic E-state index is 0.0529. The molecule has 5 heteroatoms. The van der Waals surface area contributed by atoms with Gasteiger partial charge >= 0.3 is 5.69 Å². The average Bonchev–Trinajstić information content (AvgIpc) is 2.90. The SMILES string of the molecule is Cn1c(=O)n(C2=CCCC2)c2ncc(Cl)cc21. The summed E-state index contributed by atoms with van der Waals surface area (Å²) in [4.78, 5) is 16.5. The summed E-state index contributed by atoms with van der Waals surface area (Å²) in [5.41, 5.74) is 2.46. The topological polar surface area (TPSA) is 39.8 Å². The molecule has 0 amide bonds. The highest BCUT2D eigenvalue weighted by atomic mass is 35.5. The van der Waals surface area contributed by atoms with Crippen molar-refractivity contribution < 1.29 is 0 Å². The molecule has 0 N–H and O–H groups in total. The van der Waals surface area contributed by atoms with E-state index in [2.05, 4.69) is 11.1 Å². The van der Waals surface area contributed by atoms with Crippen LogP contribution >= 0.6 is 11.6 Å². The van der Waals surface area contributed by atoms with Crippen LogP contribution in [0.4, 0.5) is 0 Å². The molecule has 2 aromatic heterocycles. The van der Waals surface area contributed by atoms with Crippen LogP contribution in [0, 0.1) is 0 Å². The Morgan fingerprint density at radius 3 is 3.00 bits per heavy atom. The Labute approximate surface area is 103 Å². The zero-order chi connectivity index (χ0) is 12.0. The summed E-state index contributed by atoms with van der Waals surface area (Å²) >= 11 is 5.91. The largest absolute Gasteiger partial charge is 0.334 e. The first-order valence-corrected chi connectivity index (χ1v) is 5.98. The summed E-state index contributed by atoms with van der Waals surface area (Å²) in [6.45, 7) is 0. The molecule has 0 atom stereocenters. The first-order chi connectivity index (χ1) is 8.18. The quantitative estimate of drug-likeness (QED) is 0.779. The molecule has 3 rings (SSSR count). The van der Waals surface area contributed by atoms with E-state index < -0.39 is 0 Å². The molecule has 0 saturated carbocycles. The van der Waals surface area contributed by atoms with Gasteiger partial charge in [-0.05, 0) is 25.3 Å². The predicted molar refractivity (Wildman–Crippen MR) is 68.1 cm³/mol. The summed E-state index contributed by atoms with van der Waals surface area (Å²) < 4.78 is 3.28. The first-order valence-electron chi connectivity index (χ1n) is 5.61. The predicted octanol–water partition coefficient (Wildman–Crippen LogP) is 2.41. The van der Waals surface area contributed by atoms with Gasteiger partial charge in [0.1, 0.15) is 0 Å². The van der Waals surface area contributed by atoms with Crippen LogP contribution < -0.4 is 5.69 Å². The number of hydrogen-bond donors (Lipinski definition) is 0. The van der Waals surface area contributed by atoms with Crippen LogP contribution in [0.15, 0.2) is 23.1 Å². The van der Waals surface area contributed by atoms with Gasteiger partial charge < -0.3 is 0 Å². The number of nitrogens with zero attached hydrogens (tertiary/aromatic N) is 3. The van der Waals surface area contributed by atoms with Crippen molar-refractivity contribution in [2.75, 3.05) is 0 Å². The van der Waals surface area contributed by atoms with Gasteiger partial charge in [-0.15, -0.1) is 0 Å². The van der Waals surface area contributed by atoms with Gasteiger partial charge in [0.05, 0.1) is 10.5 Å². The second-order valence-electron chi connectivity index (χ2n) is 4.26. The van der Waals surface area contributed by atoms with E-state index >= 15 is 0 Å². The van der Waals surface area contributed by atoms with E-state index in [-0.39, 0.29) is 5.69 Å². The third kappa shape index (κ3) is 1.52. The number of halogens is 1. The van der Waals surface area contributed by atoms with E-state index in [4.69, 9.17) is 11.6 Å². The molecular formula is C12H12ClN3O. The normalized spacial score (nSPS) is 15.5. The van der Waals surface area contributed by atoms with E-state index in [1.54, 1.807) is 28.4 Å². The van der Waals surface area contributed by atoms with Crippen LogP contribution in [0.3, 0.4) is 0 Å². The zero-order valence-corrected chi connectivity index (χ0v) is 10.2. The van der Waals surface area contributed by atoms with Crippen molar-refractivity contribution in [2.24, 2.45) is 7.05 Å². The monoisotopic (exact) mass is 249 g/mol. The van der Waals surface area contributed by atoms with Gasteiger partial charge in [-0.1, -0.05) is 17.7 Å². The van der Waals surface area contributed by atoms with Crippen LogP contribution in [0.25, 0.3) is 16.9 Å². The van der Waals surface area contributed by atoms with Crippen molar-refractivity contribution >= 4 is 28.5 Å². The molecule has 0 aromatic carbocycles. The summed E-state index contributed by atoms with van der Waals surface area (Å²) in [5.74, 6) is 0. The van der Waals surface area contributed by atoms with E-state index in [1.165, 1.54) is 0 Å². The number of allylic oxidation sites excluding steroid dienone is 2. The molecule has 0 fully saturated rings. The Kier molecular flexibility index (Phi) is 2.33. The highest BCUT2D eigenvalue weighted by Crippen LogP contribution is 2.25. The lowest BCUT2D eigenvalue weighted by Gasteiger charge is -2.02. The molecule has 0 spiro atoms. The van der Waals surface area contributed by atoms with E-state index in [0.29, 0.717) is 10.7 Å². The Morgan fingerprint density at radius 1 is 1.47 bits per heavy atom. The smallest absolute Gasteiger partial charge is 0.293 e. The van der Waals surface area contributed by atoms with Crippen molar-refractivity contribution in [3.05, 3.63) is 33.8 Å². The maximum atomic E-state index is 12.2. The third-order valence-corrected chi connectivity index (χ3v) is 3.38. The lowest BCUT2D eigenvalue weighted by molar-refractivity contribution is 0.832. The van der Waals surface area contributed by atoms with Gasteiger partial charge in [0, 0.05) is 18.9 Å². The Bertz CT molecular complexity index is 681. The summed E-state index contributed by atoms with van der Waals surface area (Å²) in [5, 5.41) is 0.547. The number of hydrogen-bond acceptors (Lipinski definition) is 2. The molecule has 0 unspecified atom stereocenters. The maximum absolute atomic E-state index is 12.2. The lowest BCUT2D eigenvalue weighted by atomic mass is 10.3. The molecule has 1 aliphatic rings. The van der Waals surface area contributed by atoms with Crippen LogP contribution in [-0.4, -0.2) is 14.1 Å². The fourth-order valence-electron chi connectivity index (χ4n) is 2.30. The van der Waals surface area contributed by atoms with Crippen LogP contribution in [0.5, 0.6) is 0 Å². The van der Waals surface area contributed by atoms with Crippen molar-refractivity contribution in [1.29, 1.82) is 0 Å². The van der Waals surface area contributed by atoms with Gasteiger partial charge in [-0.25, -0.2) is 14.3 Å². The van der Waals surface area contributed by atoms with E-state index in [0.717, 1.165) is 30.5 Å². The van der Waals surface area contributed by atoms with Gasteiger partial charge in [0.2, 0.25) is 0 Å². The summed E-state index contributed by atoms with van der Waals surface area (Å²) in [6, 6.07) is 1.78. The third-order valence-electron chi connectivity index (χ3n) is 3.17. The second kappa shape index (κ2) is 3.74. The van der Waals surface area contributed by atoms with Crippen molar-refractivity contribution in [3.8, 4) is 0 Å². The fraction of sp³-hybridized carbons (Fsp3) is 0.333. The molecule has 88 valence electrons. The maximum Gasteiger partial charge on any atom is 0.334 e.